The minimum atomic E-state index is -0.800. The van der Waals surface area contributed by atoms with Crippen molar-refractivity contribution < 1.29 is 14.9 Å². The molecule has 0 aromatic heterocycles. The molecule has 4 nitrogen and oxygen atoms in total. The number of ether oxygens (including phenoxy) is 1. The zero-order valence-corrected chi connectivity index (χ0v) is 13.5. The first-order valence-corrected chi connectivity index (χ1v) is 7.99. The van der Waals surface area contributed by atoms with Gasteiger partial charge in [0.25, 0.3) is 0 Å². The van der Waals surface area contributed by atoms with Gasteiger partial charge in [-0.15, -0.1) is 6.58 Å². The summed E-state index contributed by atoms with van der Waals surface area (Å²) in [4.78, 5) is 2.16. The van der Waals surface area contributed by atoms with E-state index in [9.17, 15) is 10.2 Å². The van der Waals surface area contributed by atoms with Gasteiger partial charge < -0.3 is 19.8 Å². The molecule has 0 bridgehead atoms. The number of halogens is 1. The second kappa shape index (κ2) is 8.09. The second-order valence-corrected chi connectivity index (χ2v) is 6.26. The first-order chi connectivity index (χ1) is 10.5. The monoisotopic (exact) mass is 325 g/mol. The fourth-order valence-corrected chi connectivity index (χ4v) is 2.92. The lowest BCUT2D eigenvalue weighted by atomic mass is 9.84. The Morgan fingerprint density at radius 1 is 1.32 bits per heavy atom. The maximum Gasteiger partial charge on any atom is 0.0920 e. The highest BCUT2D eigenvalue weighted by Gasteiger charge is 2.34. The summed E-state index contributed by atoms with van der Waals surface area (Å²) in [6, 6.07) is 7.38. The Bertz CT molecular complexity index is 469. The summed E-state index contributed by atoms with van der Waals surface area (Å²) >= 11 is 5.89. The van der Waals surface area contributed by atoms with Crippen molar-refractivity contribution >= 4 is 11.6 Å². The molecule has 1 aromatic rings. The third-order valence-corrected chi connectivity index (χ3v) is 4.33. The van der Waals surface area contributed by atoms with Crippen LogP contribution in [0.4, 0.5) is 0 Å². The van der Waals surface area contributed by atoms with Crippen molar-refractivity contribution in [3.63, 3.8) is 0 Å². The van der Waals surface area contributed by atoms with Gasteiger partial charge in [-0.2, -0.15) is 0 Å². The molecular weight excluding hydrogens is 302 g/mol. The highest BCUT2D eigenvalue weighted by Crippen LogP contribution is 2.33. The van der Waals surface area contributed by atoms with Gasteiger partial charge >= 0.3 is 0 Å². The lowest BCUT2D eigenvalue weighted by Gasteiger charge is -2.39. The molecule has 2 rings (SSSR count). The van der Waals surface area contributed by atoms with Crippen LogP contribution in [0.15, 0.2) is 36.9 Å². The molecule has 1 aliphatic rings. The van der Waals surface area contributed by atoms with Crippen molar-refractivity contribution in [1.82, 2.24) is 4.90 Å². The van der Waals surface area contributed by atoms with E-state index in [1.165, 1.54) is 0 Å². The van der Waals surface area contributed by atoms with Gasteiger partial charge in [-0.05, 0) is 30.5 Å². The van der Waals surface area contributed by atoms with Gasteiger partial charge in [-0.25, -0.2) is 0 Å². The number of hydrogen-bond acceptors (Lipinski definition) is 4. The zero-order valence-electron chi connectivity index (χ0n) is 12.7. The van der Waals surface area contributed by atoms with Crippen molar-refractivity contribution in [2.45, 2.75) is 24.5 Å². The molecule has 122 valence electrons. The Morgan fingerprint density at radius 3 is 2.55 bits per heavy atom. The number of aliphatic hydroxyl groups is 2. The van der Waals surface area contributed by atoms with Gasteiger partial charge in [0, 0.05) is 24.7 Å². The normalized spacial score (nSPS) is 19.8. The molecule has 1 unspecified atom stereocenters. The quantitative estimate of drug-likeness (QED) is 0.596. The number of β-amino-alcohol motifs (C(OH)–C–C–N with tert-alkyl or cyclic N) is 1. The standard InChI is InChI=1S/C17H24ClNO3/c1-2-11-22-13-16(20)12-19-9-7-17(21,8-10-19)14-3-5-15(18)6-4-14/h2-6,16,20-21H,1,7-13H2. The van der Waals surface area contributed by atoms with Crippen LogP contribution in [-0.4, -0.2) is 54.1 Å². The third kappa shape index (κ3) is 4.80. The van der Waals surface area contributed by atoms with Crippen molar-refractivity contribution in [3.05, 3.63) is 47.5 Å². The molecular formula is C17H24ClNO3. The van der Waals surface area contributed by atoms with Crippen LogP contribution in [0.3, 0.4) is 0 Å². The molecule has 1 atom stereocenters. The summed E-state index contributed by atoms with van der Waals surface area (Å²) in [6.07, 6.45) is 2.45. The van der Waals surface area contributed by atoms with Crippen molar-refractivity contribution in [3.8, 4) is 0 Å². The summed E-state index contributed by atoms with van der Waals surface area (Å²) in [6.45, 7) is 6.39. The molecule has 1 heterocycles. The summed E-state index contributed by atoms with van der Waals surface area (Å²) < 4.78 is 5.25. The van der Waals surface area contributed by atoms with Gasteiger partial charge in [-0.3, -0.25) is 0 Å². The maximum absolute atomic E-state index is 10.8. The highest BCUT2D eigenvalue weighted by molar-refractivity contribution is 6.30. The van der Waals surface area contributed by atoms with E-state index < -0.39 is 11.7 Å². The molecule has 5 heteroatoms. The van der Waals surface area contributed by atoms with E-state index in [1.807, 2.05) is 24.3 Å². The van der Waals surface area contributed by atoms with Crippen LogP contribution in [-0.2, 0) is 10.3 Å². The van der Waals surface area contributed by atoms with Crippen molar-refractivity contribution in [1.29, 1.82) is 0 Å². The average molecular weight is 326 g/mol. The molecule has 1 fully saturated rings. The molecule has 22 heavy (non-hydrogen) atoms. The largest absolute Gasteiger partial charge is 0.389 e. The van der Waals surface area contributed by atoms with Crippen LogP contribution in [0.1, 0.15) is 18.4 Å². The minimum Gasteiger partial charge on any atom is -0.389 e. The van der Waals surface area contributed by atoms with E-state index in [0.717, 1.165) is 18.7 Å². The first kappa shape index (κ1) is 17.4. The van der Waals surface area contributed by atoms with Crippen LogP contribution in [0.5, 0.6) is 0 Å². The number of likely N-dealkylation sites (tertiary alicyclic amines) is 1. The number of nitrogens with zero attached hydrogens (tertiary/aromatic N) is 1. The minimum absolute atomic E-state index is 0.309. The number of rotatable bonds is 7. The molecule has 0 spiro atoms. The van der Waals surface area contributed by atoms with Crippen LogP contribution < -0.4 is 0 Å². The van der Waals surface area contributed by atoms with E-state index >= 15 is 0 Å². The first-order valence-electron chi connectivity index (χ1n) is 7.61. The van der Waals surface area contributed by atoms with Crippen LogP contribution in [0.2, 0.25) is 5.02 Å². The number of benzene rings is 1. The molecule has 2 N–H and O–H groups in total. The molecule has 1 saturated heterocycles. The van der Waals surface area contributed by atoms with E-state index in [1.54, 1.807) is 6.08 Å². The molecule has 0 saturated carbocycles. The van der Waals surface area contributed by atoms with Crippen LogP contribution in [0, 0.1) is 0 Å². The Labute approximate surface area is 137 Å². The van der Waals surface area contributed by atoms with Gasteiger partial charge in [0.1, 0.15) is 0 Å². The van der Waals surface area contributed by atoms with Crippen molar-refractivity contribution in [2.24, 2.45) is 0 Å². The molecule has 0 radical (unpaired) electrons. The van der Waals surface area contributed by atoms with Gasteiger partial charge in [0.15, 0.2) is 0 Å². The van der Waals surface area contributed by atoms with Crippen molar-refractivity contribution in [2.75, 3.05) is 32.8 Å². The fourth-order valence-electron chi connectivity index (χ4n) is 2.79. The third-order valence-electron chi connectivity index (χ3n) is 4.08. The molecule has 0 amide bonds. The number of hydrogen-bond donors (Lipinski definition) is 2. The SMILES string of the molecule is C=CCOCC(O)CN1CCC(O)(c2ccc(Cl)cc2)CC1. The van der Waals surface area contributed by atoms with E-state index in [2.05, 4.69) is 11.5 Å². The Hall–Kier alpha value is -0.910. The summed E-state index contributed by atoms with van der Waals surface area (Å²) in [5.74, 6) is 0. The van der Waals surface area contributed by atoms with Crippen LogP contribution >= 0.6 is 11.6 Å². The zero-order chi connectivity index (χ0) is 16.0. The number of piperidine rings is 1. The Morgan fingerprint density at radius 2 is 1.95 bits per heavy atom. The summed E-state index contributed by atoms with van der Waals surface area (Å²) in [5.41, 5.74) is 0.109. The molecule has 1 aromatic carbocycles. The lowest BCUT2D eigenvalue weighted by molar-refractivity contribution is -0.0416. The van der Waals surface area contributed by atoms with E-state index in [-0.39, 0.29) is 0 Å². The smallest absolute Gasteiger partial charge is 0.0920 e. The predicted octanol–water partition coefficient (Wildman–Crippen LogP) is 2.19. The maximum atomic E-state index is 10.8. The average Bonchev–Trinajstić information content (AvgIpc) is 2.51. The van der Waals surface area contributed by atoms with Gasteiger partial charge in [0.2, 0.25) is 0 Å². The van der Waals surface area contributed by atoms with E-state index in [0.29, 0.717) is 37.6 Å². The van der Waals surface area contributed by atoms with E-state index in [4.69, 9.17) is 16.3 Å². The Kier molecular flexibility index (Phi) is 6.41. The summed E-state index contributed by atoms with van der Waals surface area (Å²) in [5, 5.41) is 21.4. The van der Waals surface area contributed by atoms with Crippen LogP contribution in [0.25, 0.3) is 0 Å². The summed E-state index contributed by atoms with van der Waals surface area (Å²) in [7, 11) is 0. The highest BCUT2D eigenvalue weighted by atomic mass is 35.5. The Balaban J connectivity index is 1.82. The fraction of sp³-hybridized carbons (Fsp3) is 0.529. The topological polar surface area (TPSA) is 52.9 Å². The molecule has 0 aliphatic carbocycles. The lowest BCUT2D eigenvalue weighted by Crippen LogP contribution is -2.45. The second-order valence-electron chi connectivity index (χ2n) is 5.82. The molecule has 1 aliphatic heterocycles. The van der Waals surface area contributed by atoms with Gasteiger partial charge in [0.05, 0.1) is 24.9 Å². The predicted molar refractivity (Wildman–Crippen MR) is 88.0 cm³/mol. The number of aliphatic hydroxyl groups excluding tert-OH is 1. The van der Waals surface area contributed by atoms with Gasteiger partial charge in [-0.1, -0.05) is 29.8 Å².